The van der Waals surface area contributed by atoms with Crippen LogP contribution in [0.2, 0.25) is 0 Å². The van der Waals surface area contributed by atoms with E-state index in [0.717, 1.165) is 13.0 Å². The maximum absolute atomic E-state index is 13.5. The summed E-state index contributed by atoms with van der Waals surface area (Å²) in [4.78, 5) is 10.8. The van der Waals surface area contributed by atoms with Crippen molar-refractivity contribution < 1.29 is 14.3 Å². The van der Waals surface area contributed by atoms with E-state index in [1.54, 1.807) is 0 Å². The number of hydrogen-bond donors (Lipinski definition) is 2. The summed E-state index contributed by atoms with van der Waals surface area (Å²) in [7, 11) is 0. The van der Waals surface area contributed by atoms with E-state index < -0.39 is 5.97 Å². The van der Waals surface area contributed by atoms with Gasteiger partial charge >= 0.3 is 5.97 Å². The molecule has 0 spiro atoms. The van der Waals surface area contributed by atoms with E-state index in [4.69, 9.17) is 5.11 Å². The number of benzene rings is 1. The van der Waals surface area contributed by atoms with Crippen molar-refractivity contribution in [3.63, 3.8) is 0 Å². The molecule has 1 aromatic carbocycles. The summed E-state index contributed by atoms with van der Waals surface area (Å²) in [6.07, 6.45) is 6.84. The van der Waals surface area contributed by atoms with Crippen molar-refractivity contribution in [3.8, 4) is 0 Å². The first-order chi connectivity index (χ1) is 9.16. The molecule has 0 aliphatic heterocycles. The summed E-state index contributed by atoms with van der Waals surface area (Å²) >= 11 is 0. The van der Waals surface area contributed by atoms with Crippen LogP contribution < -0.4 is 5.32 Å². The third kappa shape index (κ3) is 3.89. The van der Waals surface area contributed by atoms with Crippen molar-refractivity contribution in [2.75, 3.05) is 6.54 Å². The Labute approximate surface area is 112 Å². The van der Waals surface area contributed by atoms with Gasteiger partial charge in [-0.25, -0.2) is 9.18 Å². The van der Waals surface area contributed by atoms with Crippen LogP contribution in [0.3, 0.4) is 0 Å². The Morgan fingerprint density at radius 2 is 2.26 bits per heavy atom. The van der Waals surface area contributed by atoms with Gasteiger partial charge in [0.15, 0.2) is 0 Å². The average molecular weight is 263 g/mol. The van der Waals surface area contributed by atoms with E-state index >= 15 is 0 Å². The highest BCUT2D eigenvalue weighted by molar-refractivity contribution is 5.87. The van der Waals surface area contributed by atoms with Gasteiger partial charge in [0, 0.05) is 12.1 Å². The predicted octanol–water partition coefficient (Wildman–Crippen LogP) is 3.11. The van der Waals surface area contributed by atoms with Gasteiger partial charge in [-0.05, 0) is 50.4 Å². The number of carboxylic acid groups (broad SMARTS) is 1. The topological polar surface area (TPSA) is 49.3 Å². The van der Waals surface area contributed by atoms with Crippen LogP contribution in [0.25, 0.3) is 0 Å². The maximum atomic E-state index is 13.5. The van der Waals surface area contributed by atoms with Crippen molar-refractivity contribution in [1.82, 2.24) is 5.32 Å². The molecule has 0 fully saturated rings. The molecule has 0 bridgehead atoms. The van der Waals surface area contributed by atoms with Gasteiger partial charge in [0.25, 0.3) is 0 Å². The molecule has 0 atom stereocenters. The lowest BCUT2D eigenvalue weighted by molar-refractivity contribution is 0.0696. The van der Waals surface area contributed by atoms with Crippen LogP contribution in [0.5, 0.6) is 0 Å². The Hall–Kier alpha value is -1.68. The van der Waals surface area contributed by atoms with Gasteiger partial charge in [-0.1, -0.05) is 11.6 Å². The number of carboxylic acids is 1. The fourth-order valence-electron chi connectivity index (χ4n) is 2.28. The molecule has 1 aliphatic rings. The number of nitrogens with one attached hydrogen (secondary N) is 1. The van der Waals surface area contributed by atoms with Gasteiger partial charge in [0.2, 0.25) is 0 Å². The third-order valence-corrected chi connectivity index (χ3v) is 3.37. The fraction of sp³-hybridized carbons (Fsp3) is 0.400. The summed E-state index contributed by atoms with van der Waals surface area (Å²) < 4.78 is 13.5. The minimum absolute atomic E-state index is 0.122. The van der Waals surface area contributed by atoms with E-state index in [1.165, 1.54) is 43.0 Å². The first kappa shape index (κ1) is 13.7. The Bertz CT molecular complexity index is 497. The molecule has 0 aromatic heterocycles. The summed E-state index contributed by atoms with van der Waals surface area (Å²) in [6, 6.07) is 3.88. The second kappa shape index (κ2) is 6.48. The lowest BCUT2D eigenvalue weighted by atomic mass is 10.1. The first-order valence-corrected chi connectivity index (χ1v) is 6.57. The first-order valence-electron chi connectivity index (χ1n) is 6.57. The Kier molecular flexibility index (Phi) is 4.68. The van der Waals surface area contributed by atoms with Gasteiger partial charge in [-0.3, -0.25) is 0 Å². The molecule has 0 heterocycles. The highest BCUT2D eigenvalue weighted by atomic mass is 19.1. The van der Waals surface area contributed by atoms with Gasteiger partial charge in [-0.2, -0.15) is 0 Å². The van der Waals surface area contributed by atoms with Gasteiger partial charge in [-0.15, -0.1) is 0 Å². The van der Waals surface area contributed by atoms with Crippen LogP contribution in [0.4, 0.5) is 4.39 Å². The minimum Gasteiger partial charge on any atom is -0.478 e. The zero-order valence-corrected chi connectivity index (χ0v) is 10.8. The molecule has 0 unspecified atom stereocenters. The third-order valence-electron chi connectivity index (χ3n) is 3.37. The molecule has 0 saturated heterocycles. The molecule has 0 amide bonds. The predicted molar refractivity (Wildman–Crippen MR) is 71.6 cm³/mol. The maximum Gasteiger partial charge on any atom is 0.335 e. The van der Waals surface area contributed by atoms with Crippen LogP contribution in [0.1, 0.15) is 41.6 Å². The molecule has 2 N–H and O–H groups in total. The molecule has 2 rings (SSSR count). The molecule has 0 radical (unpaired) electrons. The van der Waals surface area contributed by atoms with Gasteiger partial charge in [0.1, 0.15) is 5.82 Å². The van der Waals surface area contributed by atoms with Crippen LogP contribution in [0, 0.1) is 5.82 Å². The molecule has 102 valence electrons. The van der Waals surface area contributed by atoms with E-state index in [-0.39, 0.29) is 11.4 Å². The molecule has 3 nitrogen and oxygen atoms in total. The van der Waals surface area contributed by atoms with Crippen LogP contribution in [-0.4, -0.2) is 17.6 Å². The number of hydrogen-bond acceptors (Lipinski definition) is 2. The largest absolute Gasteiger partial charge is 0.478 e. The summed E-state index contributed by atoms with van der Waals surface area (Å²) in [5.41, 5.74) is 1.99. The zero-order chi connectivity index (χ0) is 13.7. The summed E-state index contributed by atoms with van der Waals surface area (Å²) in [5.74, 6) is -1.39. The smallest absolute Gasteiger partial charge is 0.335 e. The molecular weight excluding hydrogens is 245 g/mol. The molecule has 0 saturated carbocycles. The van der Waals surface area contributed by atoms with Crippen molar-refractivity contribution in [2.24, 2.45) is 0 Å². The van der Waals surface area contributed by atoms with E-state index in [0.29, 0.717) is 12.1 Å². The number of halogens is 1. The number of rotatable bonds is 6. The molecule has 4 heteroatoms. The monoisotopic (exact) mass is 263 g/mol. The van der Waals surface area contributed by atoms with Crippen molar-refractivity contribution in [1.29, 1.82) is 0 Å². The molecule has 1 aromatic rings. The second-order valence-corrected chi connectivity index (χ2v) is 4.79. The molecular formula is C15H18FNO2. The number of aromatic carboxylic acids is 1. The molecule has 19 heavy (non-hydrogen) atoms. The van der Waals surface area contributed by atoms with Crippen LogP contribution in [0.15, 0.2) is 29.8 Å². The Morgan fingerprint density at radius 3 is 2.95 bits per heavy atom. The van der Waals surface area contributed by atoms with E-state index in [2.05, 4.69) is 11.4 Å². The summed E-state index contributed by atoms with van der Waals surface area (Å²) in [6.45, 7) is 1.16. The Balaban J connectivity index is 1.84. The van der Waals surface area contributed by atoms with Crippen molar-refractivity contribution in [3.05, 3.63) is 46.8 Å². The van der Waals surface area contributed by atoms with Gasteiger partial charge in [0.05, 0.1) is 5.56 Å². The van der Waals surface area contributed by atoms with Crippen LogP contribution in [-0.2, 0) is 6.54 Å². The Morgan fingerprint density at radius 1 is 1.42 bits per heavy atom. The average Bonchev–Trinajstić information content (AvgIpc) is 2.89. The highest BCUT2D eigenvalue weighted by Gasteiger charge is 2.08. The minimum atomic E-state index is -1.03. The summed E-state index contributed by atoms with van der Waals surface area (Å²) in [5, 5.41) is 12.0. The normalized spacial score (nSPS) is 14.5. The standard InChI is InChI=1S/C15H18FNO2/c16-14-6-5-12(15(18)19)9-13(14)10-17-8-7-11-3-1-2-4-11/h3,5-6,9,17H,1-2,4,7-8,10H2,(H,18,19). The quantitative estimate of drug-likeness (QED) is 0.612. The fourth-order valence-corrected chi connectivity index (χ4v) is 2.28. The van der Waals surface area contributed by atoms with Crippen molar-refractivity contribution in [2.45, 2.75) is 32.2 Å². The number of allylic oxidation sites excluding steroid dienone is 1. The number of carbonyl (C=O) groups is 1. The highest BCUT2D eigenvalue weighted by Crippen LogP contribution is 2.19. The van der Waals surface area contributed by atoms with Crippen molar-refractivity contribution >= 4 is 5.97 Å². The van der Waals surface area contributed by atoms with Gasteiger partial charge < -0.3 is 10.4 Å². The van der Waals surface area contributed by atoms with Crippen LogP contribution >= 0.6 is 0 Å². The lowest BCUT2D eigenvalue weighted by Gasteiger charge is -2.07. The second-order valence-electron chi connectivity index (χ2n) is 4.79. The SMILES string of the molecule is O=C(O)c1ccc(F)c(CNCCC2=CCCC2)c1. The molecule has 1 aliphatic carbocycles. The zero-order valence-electron chi connectivity index (χ0n) is 10.8. The van der Waals surface area contributed by atoms with E-state index in [9.17, 15) is 9.18 Å². The van der Waals surface area contributed by atoms with E-state index in [1.807, 2.05) is 0 Å². The lowest BCUT2D eigenvalue weighted by Crippen LogP contribution is -2.16.